The molecule has 0 heterocycles. The van der Waals surface area contributed by atoms with Crippen LogP contribution in [0.4, 0.5) is 4.79 Å². The Hall–Kier alpha value is -1.95. The summed E-state index contributed by atoms with van der Waals surface area (Å²) in [5.41, 5.74) is 7.50. The van der Waals surface area contributed by atoms with Crippen molar-refractivity contribution in [1.29, 1.82) is 0 Å². The number of ether oxygens (including phenoxy) is 2. The zero-order valence-corrected chi connectivity index (χ0v) is 14.6. The van der Waals surface area contributed by atoms with Crippen molar-refractivity contribution in [2.45, 2.75) is 19.9 Å². The third kappa shape index (κ3) is 13.1. The molecule has 11 nitrogen and oxygen atoms in total. The molecule has 0 saturated heterocycles. The van der Waals surface area contributed by atoms with Gasteiger partial charge in [-0.25, -0.2) is 4.79 Å². The predicted molar refractivity (Wildman–Crippen MR) is 87.2 cm³/mol. The van der Waals surface area contributed by atoms with Gasteiger partial charge in [0, 0.05) is 6.54 Å². The summed E-state index contributed by atoms with van der Waals surface area (Å²) >= 11 is 0. The minimum Gasteiger partial charge on any atom is -0.394 e. The number of aliphatic hydroxyl groups excluding tert-OH is 1. The lowest BCUT2D eigenvalue weighted by Gasteiger charge is -2.15. The van der Waals surface area contributed by atoms with Crippen LogP contribution in [0.25, 0.3) is 0 Å². The number of nitrogens with two attached hydrogens (primary N) is 1. The van der Waals surface area contributed by atoms with Gasteiger partial charge in [0.25, 0.3) is 5.91 Å². The van der Waals surface area contributed by atoms with Gasteiger partial charge in [-0.1, -0.05) is 13.8 Å². The van der Waals surface area contributed by atoms with Gasteiger partial charge in [-0.3, -0.25) is 9.59 Å². The summed E-state index contributed by atoms with van der Waals surface area (Å²) < 4.78 is 10.1. The van der Waals surface area contributed by atoms with E-state index in [1.54, 1.807) is 13.8 Å². The van der Waals surface area contributed by atoms with Crippen molar-refractivity contribution in [2.24, 2.45) is 11.7 Å². The first kappa shape index (κ1) is 23.1. The molecule has 0 fully saturated rings. The fourth-order valence-electron chi connectivity index (χ4n) is 1.38. The molecule has 1 atom stereocenters. The Kier molecular flexibility index (Phi) is 13.3. The van der Waals surface area contributed by atoms with Gasteiger partial charge in [-0.2, -0.15) is 5.48 Å². The Bertz CT molecular complexity index is 407. The standard InChI is InChI=1S/C14H28N4O7/c1-10(2)12(15)13(21)17-9-11(20)18-25-14(22)16-3-5-23-7-8-24-6-4-19/h10,12,19H,3-9,15H2,1-2H3,(H,16,22)(H,17,21)(H,18,20)/t12-/m0/s1. The highest BCUT2D eigenvalue weighted by Gasteiger charge is 2.17. The molecule has 25 heavy (non-hydrogen) atoms. The lowest BCUT2D eigenvalue weighted by Crippen LogP contribution is -2.47. The summed E-state index contributed by atoms with van der Waals surface area (Å²) in [7, 11) is 0. The summed E-state index contributed by atoms with van der Waals surface area (Å²) in [6.07, 6.45) is -0.862. The van der Waals surface area contributed by atoms with Gasteiger partial charge in [0.15, 0.2) is 0 Å². The molecular weight excluding hydrogens is 336 g/mol. The molecule has 0 rings (SSSR count). The van der Waals surface area contributed by atoms with Gasteiger partial charge in [-0.15, -0.1) is 0 Å². The highest BCUT2D eigenvalue weighted by atomic mass is 16.7. The summed E-state index contributed by atoms with van der Waals surface area (Å²) in [6.45, 7) is 4.48. The van der Waals surface area contributed by atoms with E-state index in [0.29, 0.717) is 13.2 Å². The summed E-state index contributed by atoms with van der Waals surface area (Å²) in [6, 6.07) is -0.717. The van der Waals surface area contributed by atoms with Gasteiger partial charge in [0.2, 0.25) is 5.91 Å². The molecule has 0 saturated carbocycles. The van der Waals surface area contributed by atoms with Gasteiger partial charge in [0.1, 0.15) is 0 Å². The van der Waals surface area contributed by atoms with Crippen LogP contribution in [-0.4, -0.2) is 75.2 Å². The molecule has 146 valence electrons. The van der Waals surface area contributed by atoms with Gasteiger partial charge in [-0.05, 0) is 5.92 Å². The molecule has 0 aromatic carbocycles. The molecule has 6 N–H and O–H groups in total. The highest BCUT2D eigenvalue weighted by molar-refractivity contribution is 5.87. The number of carbonyl (C=O) groups excluding carboxylic acids is 3. The maximum atomic E-state index is 11.5. The van der Waals surface area contributed by atoms with Crippen LogP contribution in [0.3, 0.4) is 0 Å². The van der Waals surface area contributed by atoms with Crippen LogP contribution in [0.5, 0.6) is 0 Å². The second-order valence-corrected chi connectivity index (χ2v) is 5.28. The average molecular weight is 364 g/mol. The molecule has 0 aliphatic rings. The summed E-state index contributed by atoms with van der Waals surface area (Å²) in [4.78, 5) is 38.7. The molecule has 0 aromatic rings. The zero-order valence-electron chi connectivity index (χ0n) is 14.6. The Morgan fingerprint density at radius 3 is 2.28 bits per heavy atom. The van der Waals surface area contributed by atoms with Crippen LogP contribution >= 0.6 is 0 Å². The van der Waals surface area contributed by atoms with Crippen LogP contribution in [0, 0.1) is 5.92 Å². The predicted octanol–water partition coefficient (Wildman–Crippen LogP) is -2.13. The lowest BCUT2D eigenvalue weighted by atomic mass is 10.1. The van der Waals surface area contributed by atoms with Crippen molar-refractivity contribution in [3.05, 3.63) is 0 Å². The van der Waals surface area contributed by atoms with E-state index in [-0.39, 0.29) is 38.8 Å². The van der Waals surface area contributed by atoms with Crippen molar-refractivity contribution in [3.63, 3.8) is 0 Å². The Balaban J connectivity index is 3.61. The number of carbonyl (C=O) groups is 3. The SMILES string of the molecule is CC(C)[C@H](N)C(=O)NCC(=O)NOC(=O)NCCOCCOCCO. The van der Waals surface area contributed by atoms with Crippen molar-refractivity contribution in [2.75, 3.05) is 46.1 Å². The monoisotopic (exact) mass is 364 g/mol. The van der Waals surface area contributed by atoms with Crippen molar-refractivity contribution < 1.29 is 33.8 Å². The topological polar surface area (TPSA) is 161 Å². The quantitative estimate of drug-likeness (QED) is 0.194. The maximum absolute atomic E-state index is 11.5. The molecule has 0 radical (unpaired) electrons. The van der Waals surface area contributed by atoms with Crippen molar-refractivity contribution >= 4 is 17.9 Å². The summed E-state index contributed by atoms with van der Waals surface area (Å²) in [5, 5.41) is 13.2. The Labute approximate surface area is 146 Å². The Morgan fingerprint density at radius 1 is 1.04 bits per heavy atom. The maximum Gasteiger partial charge on any atom is 0.431 e. The normalized spacial score (nSPS) is 11.7. The zero-order chi connectivity index (χ0) is 19.1. The van der Waals surface area contributed by atoms with Gasteiger partial charge < -0.3 is 35.8 Å². The largest absolute Gasteiger partial charge is 0.431 e. The van der Waals surface area contributed by atoms with Crippen LogP contribution in [0.1, 0.15) is 13.8 Å². The molecule has 0 unspecified atom stereocenters. The molecule has 0 aliphatic carbocycles. The number of hydrogen-bond acceptors (Lipinski definition) is 8. The number of nitrogens with one attached hydrogen (secondary N) is 3. The van der Waals surface area contributed by atoms with E-state index < -0.39 is 23.9 Å². The lowest BCUT2D eigenvalue weighted by molar-refractivity contribution is -0.132. The smallest absolute Gasteiger partial charge is 0.394 e. The minimum atomic E-state index is -0.862. The van der Waals surface area contributed by atoms with Crippen LogP contribution < -0.4 is 21.8 Å². The molecule has 0 bridgehead atoms. The van der Waals surface area contributed by atoms with Crippen molar-refractivity contribution in [3.8, 4) is 0 Å². The van der Waals surface area contributed by atoms with Crippen LogP contribution in [-0.2, 0) is 23.9 Å². The Morgan fingerprint density at radius 2 is 1.68 bits per heavy atom. The first-order valence-corrected chi connectivity index (χ1v) is 7.91. The van der Waals surface area contributed by atoms with Crippen LogP contribution in [0.15, 0.2) is 0 Å². The number of hydroxylamine groups is 1. The van der Waals surface area contributed by atoms with Crippen LogP contribution in [0.2, 0.25) is 0 Å². The van der Waals surface area contributed by atoms with E-state index in [1.807, 2.05) is 5.48 Å². The van der Waals surface area contributed by atoms with E-state index in [4.69, 9.17) is 20.3 Å². The second-order valence-electron chi connectivity index (χ2n) is 5.28. The summed E-state index contributed by atoms with van der Waals surface area (Å²) in [5.74, 6) is -1.22. The van der Waals surface area contributed by atoms with E-state index in [0.717, 1.165) is 0 Å². The number of rotatable bonds is 12. The minimum absolute atomic E-state index is 0.0483. The highest BCUT2D eigenvalue weighted by Crippen LogP contribution is 1.97. The third-order valence-corrected chi connectivity index (χ3v) is 2.83. The van der Waals surface area contributed by atoms with Gasteiger partial charge in [0.05, 0.1) is 45.6 Å². The van der Waals surface area contributed by atoms with E-state index in [2.05, 4.69) is 15.5 Å². The number of aliphatic hydroxyl groups is 1. The van der Waals surface area contributed by atoms with E-state index >= 15 is 0 Å². The third-order valence-electron chi connectivity index (χ3n) is 2.83. The molecular formula is C14H28N4O7. The van der Waals surface area contributed by atoms with Crippen molar-refractivity contribution in [1.82, 2.24) is 16.1 Å². The fourth-order valence-corrected chi connectivity index (χ4v) is 1.38. The van der Waals surface area contributed by atoms with E-state index in [9.17, 15) is 14.4 Å². The fraction of sp³-hybridized carbons (Fsp3) is 0.786. The van der Waals surface area contributed by atoms with Gasteiger partial charge >= 0.3 is 6.09 Å². The molecule has 0 spiro atoms. The molecule has 0 aliphatic heterocycles. The molecule has 11 heteroatoms. The number of hydrogen-bond donors (Lipinski definition) is 5. The van der Waals surface area contributed by atoms with E-state index in [1.165, 1.54) is 0 Å². The molecule has 0 aromatic heterocycles. The number of amides is 3. The first-order valence-electron chi connectivity index (χ1n) is 7.91. The molecule has 3 amide bonds. The first-order chi connectivity index (χ1) is 11.9. The second kappa shape index (κ2) is 14.4. The average Bonchev–Trinajstić information content (AvgIpc) is 2.59.